The summed E-state index contributed by atoms with van der Waals surface area (Å²) in [6.45, 7) is 0.534. The third-order valence-electron chi connectivity index (χ3n) is 3.97. The number of nitrogens with zero attached hydrogens (tertiary/aromatic N) is 1. The lowest BCUT2D eigenvalue weighted by Gasteiger charge is -2.08. The second kappa shape index (κ2) is 7.17. The Bertz CT molecular complexity index is 933. The Kier molecular flexibility index (Phi) is 4.79. The fraction of sp³-hybridized carbons (Fsp3) is 0.158. The molecule has 0 atom stereocenters. The highest BCUT2D eigenvalue weighted by Gasteiger charge is 2.12. The number of hydrogen-bond donors (Lipinski definition) is 2. The minimum atomic E-state index is -0.461. The van der Waals surface area contributed by atoms with Gasteiger partial charge in [-0.25, -0.2) is 4.39 Å². The number of aryl methyl sites for hydroxylation is 1. The number of halogens is 1. The van der Waals surface area contributed by atoms with Crippen LogP contribution in [-0.2, 0) is 7.05 Å². The molecule has 25 heavy (non-hydrogen) atoms. The van der Waals surface area contributed by atoms with Crippen LogP contribution in [0.1, 0.15) is 20.8 Å². The van der Waals surface area contributed by atoms with Gasteiger partial charge in [-0.2, -0.15) is 0 Å². The fourth-order valence-corrected chi connectivity index (χ4v) is 2.68. The van der Waals surface area contributed by atoms with E-state index in [1.807, 2.05) is 41.9 Å². The van der Waals surface area contributed by atoms with Crippen LogP contribution in [0.15, 0.2) is 54.6 Å². The molecule has 0 unspecified atom stereocenters. The molecule has 0 aliphatic heterocycles. The monoisotopic (exact) mass is 339 g/mol. The van der Waals surface area contributed by atoms with Gasteiger partial charge in [0.1, 0.15) is 11.5 Å². The van der Waals surface area contributed by atoms with E-state index in [2.05, 4.69) is 10.6 Å². The van der Waals surface area contributed by atoms with E-state index in [1.165, 1.54) is 24.3 Å². The number of para-hydroxylation sites is 1. The molecule has 3 aromatic rings. The number of carbonyl (C=O) groups excluding carboxylic acids is 2. The first kappa shape index (κ1) is 16.7. The molecule has 0 aliphatic carbocycles. The van der Waals surface area contributed by atoms with Gasteiger partial charge >= 0.3 is 0 Å². The molecular formula is C19H18FN3O2. The van der Waals surface area contributed by atoms with Crippen LogP contribution in [0.2, 0.25) is 0 Å². The molecule has 0 saturated heterocycles. The van der Waals surface area contributed by atoms with Crippen molar-refractivity contribution >= 4 is 22.7 Å². The predicted molar refractivity (Wildman–Crippen MR) is 94.0 cm³/mol. The average molecular weight is 339 g/mol. The van der Waals surface area contributed by atoms with Crippen LogP contribution in [0, 0.1) is 5.82 Å². The predicted octanol–water partition coefficient (Wildman–Crippen LogP) is 2.48. The summed E-state index contributed by atoms with van der Waals surface area (Å²) in [6, 6.07) is 15.0. The van der Waals surface area contributed by atoms with Crippen molar-refractivity contribution in [2.75, 3.05) is 13.1 Å². The number of aromatic nitrogens is 1. The zero-order valence-electron chi connectivity index (χ0n) is 13.8. The summed E-state index contributed by atoms with van der Waals surface area (Å²) in [4.78, 5) is 24.2. The molecule has 0 bridgehead atoms. The lowest BCUT2D eigenvalue weighted by molar-refractivity contribution is 0.0923. The first-order valence-corrected chi connectivity index (χ1v) is 7.92. The van der Waals surface area contributed by atoms with E-state index < -0.39 is 5.82 Å². The highest BCUT2D eigenvalue weighted by Crippen LogP contribution is 2.17. The summed E-state index contributed by atoms with van der Waals surface area (Å²) in [6.07, 6.45) is 0. The van der Waals surface area contributed by atoms with Crippen LogP contribution in [0.5, 0.6) is 0 Å². The first-order chi connectivity index (χ1) is 12.1. The van der Waals surface area contributed by atoms with Crippen LogP contribution >= 0.6 is 0 Å². The Hall–Kier alpha value is -3.15. The smallest absolute Gasteiger partial charge is 0.267 e. The summed E-state index contributed by atoms with van der Waals surface area (Å²) in [5.74, 6) is -1.05. The van der Waals surface area contributed by atoms with Gasteiger partial charge in [0, 0.05) is 36.6 Å². The summed E-state index contributed by atoms with van der Waals surface area (Å²) >= 11 is 0. The third kappa shape index (κ3) is 3.68. The minimum Gasteiger partial charge on any atom is -0.350 e. The van der Waals surface area contributed by atoms with Crippen molar-refractivity contribution in [3.05, 3.63) is 71.7 Å². The standard InChI is InChI=1S/C19H18FN3O2/c1-23-16-8-3-2-5-13(16)12-17(23)19(25)22-10-9-21-18(24)14-6-4-7-15(20)11-14/h2-8,11-12H,9-10H2,1H3,(H,21,24)(H,22,25). The van der Waals surface area contributed by atoms with Crippen LogP contribution in [-0.4, -0.2) is 29.5 Å². The van der Waals surface area contributed by atoms with Crippen LogP contribution in [0.25, 0.3) is 10.9 Å². The van der Waals surface area contributed by atoms with Gasteiger partial charge in [0.15, 0.2) is 0 Å². The summed E-state index contributed by atoms with van der Waals surface area (Å²) in [5.41, 5.74) is 1.78. The Morgan fingerprint density at radius 2 is 1.68 bits per heavy atom. The lowest BCUT2D eigenvalue weighted by Crippen LogP contribution is -2.35. The molecule has 0 aliphatic rings. The van der Waals surface area contributed by atoms with Crippen molar-refractivity contribution < 1.29 is 14.0 Å². The van der Waals surface area contributed by atoms with Crippen molar-refractivity contribution in [3.63, 3.8) is 0 Å². The maximum atomic E-state index is 13.1. The van der Waals surface area contributed by atoms with Crippen molar-refractivity contribution in [1.29, 1.82) is 0 Å². The SMILES string of the molecule is Cn1c(C(=O)NCCNC(=O)c2cccc(F)c2)cc2ccccc21. The molecule has 2 amide bonds. The van der Waals surface area contributed by atoms with Crippen molar-refractivity contribution in [3.8, 4) is 0 Å². The quantitative estimate of drug-likeness (QED) is 0.702. The summed E-state index contributed by atoms with van der Waals surface area (Å²) in [5, 5.41) is 6.41. The highest BCUT2D eigenvalue weighted by molar-refractivity contribution is 5.98. The maximum absolute atomic E-state index is 13.1. The second-order valence-corrected chi connectivity index (χ2v) is 5.67. The first-order valence-electron chi connectivity index (χ1n) is 7.92. The molecule has 0 fully saturated rings. The second-order valence-electron chi connectivity index (χ2n) is 5.67. The Morgan fingerprint density at radius 1 is 0.960 bits per heavy atom. The minimum absolute atomic E-state index is 0.210. The van der Waals surface area contributed by atoms with E-state index in [0.717, 1.165) is 10.9 Å². The largest absolute Gasteiger partial charge is 0.350 e. The highest BCUT2D eigenvalue weighted by atomic mass is 19.1. The molecule has 2 N–H and O–H groups in total. The number of fused-ring (bicyclic) bond motifs is 1. The van der Waals surface area contributed by atoms with Gasteiger partial charge < -0.3 is 15.2 Å². The van der Waals surface area contributed by atoms with Gasteiger partial charge in [-0.05, 0) is 30.3 Å². The van der Waals surface area contributed by atoms with Crippen LogP contribution in [0.3, 0.4) is 0 Å². The molecule has 1 heterocycles. The van der Waals surface area contributed by atoms with E-state index in [-0.39, 0.29) is 30.5 Å². The Balaban J connectivity index is 1.54. The Morgan fingerprint density at radius 3 is 2.40 bits per heavy atom. The maximum Gasteiger partial charge on any atom is 0.267 e. The molecule has 3 rings (SSSR count). The molecule has 128 valence electrons. The van der Waals surface area contributed by atoms with Crippen molar-refractivity contribution in [1.82, 2.24) is 15.2 Å². The third-order valence-corrected chi connectivity index (χ3v) is 3.97. The topological polar surface area (TPSA) is 63.1 Å². The van der Waals surface area contributed by atoms with Gasteiger partial charge in [-0.1, -0.05) is 24.3 Å². The number of rotatable bonds is 5. The number of benzene rings is 2. The lowest BCUT2D eigenvalue weighted by atomic mass is 10.2. The molecule has 1 aromatic heterocycles. The zero-order valence-corrected chi connectivity index (χ0v) is 13.8. The van der Waals surface area contributed by atoms with E-state index in [0.29, 0.717) is 5.69 Å². The van der Waals surface area contributed by atoms with Gasteiger partial charge in [0.05, 0.1) is 0 Å². The van der Waals surface area contributed by atoms with Crippen LogP contribution < -0.4 is 10.6 Å². The van der Waals surface area contributed by atoms with Gasteiger partial charge in [0.25, 0.3) is 11.8 Å². The van der Waals surface area contributed by atoms with E-state index in [4.69, 9.17) is 0 Å². The molecular weight excluding hydrogens is 321 g/mol. The van der Waals surface area contributed by atoms with Crippen molar-refractivity contribution in [2.24, 2.45) is 7.05 Å². The average Bonchev–Trinajstić information content (AvgIpc) is 2.95. The molecule has 2 aromatic carbocycles. The van der Waals surface area contributed by atoms with E-state index >= 15 is 0 Å². The molecule has 0 spiro atoms. The normalized spacial score (nSPS) is 10.6. The number of nitrogens with one attached hydrogen (secondary N) is 2. The number of carbonyl (C=O) groups is 2. The number of amides is 2. The summed E-state index contributed by atoms with van der Waals surface area (Å²) in [7, 11) is 1.84. The fourth-order valence-electron chi connectivity index (χ4n) is 2.68. The van der Waals surface area contributed by atoms with E-state index in [1.54, 1.807) is 0 Å². The molecule has 6 heteroatoms. The van der Waals surface area contributed by atoms with E-state index in [9.17, 15) is 14.0 Å². The van der Waals surface area contributed by atoms with Gasteiger partial charge in [0.2, 0.25) is 0 Å². The molecule has 0 radical (unpaired) electrons. The summed E-state index contributed by atoms with van der Waals surface area (Å²) < 4.78 is 14.9. The van der Waals surface area contributed by atoms with Crippen molar-refractivity contribution in [2.45, 2.75) is 0 Å². The van der Waals surface area contributed by atoms with Gasteiger partial charge in [-0.15, -0.1) is 0 Å². The Labute approximate surface area is 144 Å². The zero-order chi connectivity index (χ0) is 17.8. The van der Waals surface area contributed by atoms with Gasteiger partial charge in [-0.3, -0.25) is 9.59 Å². The molecule has 5 nitrogen and oxygen atoms in total. The number of hydrogen-bond acceptors (Lipinski definition) is 2. The van der Waals surface area contributed by atoms with Crippen LogP contribution in [0.4, 0.5) is 4.39 Å². The molecule has 0 saturated carbocycles.